The summed E-state index contributed by atoms with van der Waals surface area (Å²) in [5.41, 5.74) is 0. The van der Waals surface area contributed by atoms with Crippen LogP contribution in [0, 0.1) is 0 Å². The molecule has 0 spiro atoms. The van der Waals surface area contributed by atoms with Gasteiger partial charge in [0.1, 0.15) is 0 Å². The van der Waals surface area contributed by atoms with E-state index in [1.807, 2.05) is 0 Å². The maximum absolute atomic E-state index is 8.83. The minimum Gasteiger partial charge on any atom is -0.396 e. The number of hydrogen-bond donors (Lipinski definition) is 2. The van der Waals surface area contributed by atoms with Gasteiger partial charge in [-0.1, -0.05) is 39.5 Å². The first-order valence-electron chi connectivity index (χ1n) is 5.69. The molecule has 0 aliphatic carbocycles. The third-order valence-corrected chi connectivity index (χ3v) is 2.38. The minimum absolute atomic E-state index is 0.311. The average Bonchev–Trinajstić information content (AvgIpc) is 2.13. The summed E-state index contributed by atoms with van der Waals surface area (Å²) in [6.07, 6.45) is 7.40. The standard InChI is InChI=1S/C11H25NO/c1-3-5-6-7-8-11(9-10-13)12-4-2/h11-13H,3-10H2,1-2H3. The minimum atomic E-state index is 0.311. The molecule has 0 aromatic rings. The molecule has 2 N–H and O–H groups in total. The second kappa shape index (κ2) is 10.0. The normalized spacial score (nSPS) is 13.2. The molecule has 0 aromatic carbocycles. The van der Waals surface area contributed by atoms with Gasteiger partial charge >= 0.3 is 0 Å². The maximum atomic E-state index is 8.83. The summed E-state index contributed by atoms with van der Waals surface area (Å²) in [5.74, 6) is 0. The molecule has 0 aromatic heterocycles. The Morgan fingerprint density at radius 3 is 2.38 bits per heavy atom. The summed E-state index contributed by atoms with van der Waals surface area (Å²) >= 11 is 0. The van der Waals surface area contributed by atoms with E-state index in [4.69, 9.17) is 5.11 Å². The van der Waals surface area contributed by atoms with Gasteiger partial charge in [-0.3, -0.25) is 0 Å². The van der Waals surface area contributed by atoms with Gasteiger partial charge in [0, 0.05) is 12.6 Å². The van der Waals surface area contributed by atoms with E-state index in [0.717, 1.165) is 13.0 Å². The highest BCUT2D eigenvalue weighted by molar-refractivity contribution is 4.65. The van der Waals surface area contributed by atoms with E-state index in [1.165, 1.54) is 32.1 Å². The molecular formula is C11H25NO. The van der Waals surface area contributed by atoms with Gasteiger partial charge in [0.2, 0.25) is 0 Å². The number of aliphatic hydroxyl groups excluding tert-OH is 1. The van der Waals surface area contributed by atoms with Crippen LogP contribution in [0.2, 0.25) is 0 Å². The van der Waals surface area contributed by atoms with Gasteiger partial charge in [0.05, 0.1) is 0 Å². The van der Waals surface area contributed by atoms with E-state index < -0.39 is 0 Å². The summed E-state index contributed by atoms with van der Waals surface area (Å²) in [6, 6.07) is 0.534. The highest BCUT2D eigenvalue weighted by Crippen LogP contribution is 2.07. The Hall–Kier alpha value is -0.0800. The van der Waals surface area contributed by atoms with Gasteiger partial charge in [0.25, 0.3) is 0 Å². The molecular weight excluding hydrogens is 162 g/mol. The summed E-state index contributed by atoms with van der Waals surface area (Å²) in [6.45, 7) is 5.68. The molecule has 0 amide bonds. The number of unbranched alkanes of at least 4 members (excludes halogenated alkanes) is 3. The monoisotopic (exact) mass is 187 g/mol. The van der Waals surface area contributed by atoms with E-state index in [0.29, 0.717) is 12.6 Å². The quantitative estimate of drug-likeness (QED) is 0.543. The van der Waals surface area contributed by atoms with E-state index >= 15 is 0 Å². The molecule has 0 aliphatic heterocycles. The summed E-state index contributed by atoms with van der Waals surface area (Å²) in [7, 11) is 0. The van der Waals surface area contributed by atoms with Gasteiger partial charge in [-0.15, -0.1) is 0 Å². The lowest BCUT2D eigenvalue weighted by Gasteiger charge is -2.16. The second-order valence-corrected chi connectivity index (χ2v) is 3.62. The highest BCUT2D eigenvalue weighted by atomic mass is 16.3. The zero-order valence-corrected chi connectivity index (χ0v) is 9.18. The maximum Gasteiger partial charge on any atom is 0.0445 e. The molecule has 2 nitrogen and oxygen atoms in total. The molecule has 1 unspecified atom stereocenters. The van der Waals surface area contributed by atoms with Crippen LogP contribution in [0.1, 0.15) is 52.4 Å². The summed E-state index contributed by atoms with van der Waals surface area (Å²) < 4.78 is 0. The highest BCUT2D eigenvalue weighted by Gasteiger charge is 2.04. The zero-order valence-electron chi connectivity index (χ0n) is 9.18. The Morgan fingerprint density at radius 1 is 1.08 bits per heavy atom. The molecule has 0 bridgehead atoms. The molecule has 0 radical (unpaired) electrons. The van der Waals surface area contributed by atoms with Crippen LogP contribution in [0.4, 0.5) is 0 Å². The fourth-order valence-corrected chi connectivity index (χ4v) is 1.61. The Bertz CT molecular complexity index is 90.1. The molecule has 1 atom stereocenters. The Morgan fingerprint density at radius 2 is 1.85 bits per heavy atom. The largest absolute Gasteiger partial charge is 0.396 e. The Balaban J connectivity index is 3.33. The van der Waals surface area contributed by atoms with Crippen molar-refractivity contribution in [2.24, 2.45) is 0 Å². The number of aliphatic hydroxyl groups is 1. The fourth-order valence-electron chi connectivity index (χ4n) is 1.61. The Labute approximate surface area is 82.7 Å². The van der Waals surface area contributed by atoms with Crippen LogP contribution in [0.3, 0.4) is 0 Å². The second-order valence-electron chi connectivity index (χ2n) is 3.62. The number of nitrogens with one attached hydrogen (secondary N) is 1. The molecule has 0 heterocycles. The first-order chi connectivity index (χ1) is 6.35. The molecule has 13 heavy (non-hydrogen) atoms. The Kier molecular flexibility index (Phi) is 9.94. The van der Waals surface area contributed by atoms with Crippen LogP contribution in [0.5, 0.6) is 0 Å². The first-order valence-corrected chi connectivity index (χ1v) is 5.69. The summed E-state index contributed by atoms with van der Waals surface area (Å²) in [4.78, 5) is 0. The van der Waals surface area contributed by atoms with Crippen molar-refractivity contribution in [3.8, 4) is 0 Å². The molecule has 0 fully saturated rings. The molecule has 0 rings (SSSR count). The lowest BCUT2D eigenvalue weighted by molar-refractivity contribution is 0.260. The van der Waals surface area contributed by atoms with Gasteiger partial charge in [-0.05, 0) is 19.4 Å². The summed E-state index contributed by atoms with van der Waals surface area (Å²) in [5, 5.41) is 12.2. The van der Waals surface area contributed by atoms with Gasteiger partial charge in [-0.2, -0.15) is 0 Å². The van der Waals surface area contributed by atoms with Crippen molar-refractivity contribution in [2.75, 3.05) is 13.2 Å². The third-order valence-electron chi connectivity index (χ3n) is 2.38. The lowest BCUT2D eigenvalue weighted by Crippen LogP contribution is -2.29. The molecule has 80 valence electrons. The van der Waals surface area contributed by atoms with Gasteiger partial charge < -0.3 is 10.4 Å². The van der Waals surface area contributed by atoms with Crippen molar-refractivity contribution < 1.29 is 5.11 Å². The van der Waals surface area contributed by atoms with E-state index in [9.17, 15) is 0 Å². The molecule has 0 saturated heterocycles. The van der Waals surface area contributed by atoms with E-state index in [1.54, 1.807) is 0 Å². The van der Waals surface area contributed by atoms with Crippen LogP contribution in [0.15, 0.2) is 0 Å². The predicted molar refractivity (Wildman–Crippen MR) is 57.9 cm³/mol. The van der Waals surface area contributed by atoms with E-state index in [-0.39, 0.29) is 0 Å². The van der Waals surface area contributed by atoms with Crippen molar-refractivity contribution in [1.29, 1.82) is 0 Å². The van der Waals surface area contributed by atoms with E-state index in [2.05, 4.69) is 19.2 Å². The lowest BCUT2D eigenvalue weighted by atomic mass is 10.1. The SMILES string of the molecule is CCCCCCC(CCO)NCC. The zero-order chi connectivity index (χ0) is 9.94. The topological polar surface area (TPSA) is 32.3 Å². The van der Waals surface area contributed by atoms with Crippen LogP contribution in [0.25, 0.3) is 0 Å². The van der Waals surface area contributed by atoms with Gasteiger partial charge in [0.15, 0.2) is 0 Å². The fraction of sp³-hybridized carbons (Fsp3) is 1.00. The van der Waals surface area contributed by atoms with Crippen LogP contribution >= 0.6 is 0 Å². The van der Waals surface area contributed by atoms with Crippen molar-refractivity contribution in [3.05, 3.63) is 0 Å². The molecule has 0 saturated carbocycles. The molecule has 2 heteroatoms. The van der Waals surface area contributed by atoms with Crippen molar-refractivity contribution in [3.63, 3.8) is 0 Å². The van der Waals surface area contributed by atoms with Crippen LogP contribution in [-0.2, 0) is 0 Å². The average molecular weight is 187 g/mol. The van der Waals surface area contributed by atoms with Crippen molar-refractivity contribution >= 4 is 0 Å². The van der Waals surface area contributed by atoms with Crippen LogP contribution in [-0.4, -0.2) is 24.3 Å². The third kappa shape index (κ3) is 8.26. The number of hydrogen-bond acceptors (Lipinski definition) is 2. The van der Waals surface area contributed by atoms with Crippen molar-refractivity contribution in [1.82, 2.24) is 5.32 Å². The predicted octanol–water partition coefficient (Wildman–Crippen LogP) is 2.32. The van der Waals surface area contributed by atoms with Crippen LogP contribution < -0.4 is 5.32 Å². The first kappa shape index (κ1) is 12.9. The smallest absolute Gasteiger partial charge is 0.0445 e. The molecule has 0 aliphatic rings. The number of rotatable bonds is 9. The van der Waals surface area contributed by atoms with Crippen molar-refractivity contribution in [2.45, 2.75) is 58.4 Å². The van der Waals surface area contributed by atoms with Gasteiger partial charge in [-0.25, -0.2) is 0 Å².